The number of aromatic nitrogens is 4. The van der Waals surface area contributed by atoms with E-state index in [1.807, 2.05) is 47.9 Å². The van der Waals surface area contributed by atoms with Gasteiger partial charge in [-0.05, 0) is 66.1 Å². The zero-order valence-corrected chi connectivity index (χ0v) is 28.2. The van der Waals surface area contributed by atoms with Crippen LogP contribution in [0.1, 0.15) is 22.3 Å². The molecule has 0 bridgehead atoms. The van der Waals surface area contributed by atoms with Gasteiger partial charge in [-0.15, -0.1) is 0 Å². The molecule has 2 aromatic heterocycles. The number of hydrogen-bond donors (Lipinski definition) is 0. The SMILES string of the molecule is Cc1ccc2c3ccc(C#N)cc3n(-c3ccc(-c4ccc(C(F)(F)F)cc4C(F)(F)F)c(-c4nc(-c5ccccc5)nc(-c5ccccc5)n4)c3)c2c1. The number of alkyl halides is 6. The van der Waals surface area contributed by atoms with Crippen molar-refractivity contribution in [3.8, 4) is 57.0 Å². The third kappa shape index (κ3) is 6.21. The van der Waals surface area contributed by atoms with Gasteiger partial charge in [-0.1, -0.05) is 91.0 Å². The van der Waals surface area contributed by atoms with E-state index in [4.69, 9.17) is 15.0 Å². The van der Waals surface area contributed by atoms with Crippen molar-refractivity contribution in [2.45, 2.75) is 19.3 Å². The van der Waals surface area contributed by atoms with Gasteiger partial charge in [0.2, 0.25) is 0 Å². The van der Waals surface area contributed by atoms with Gasteiger partial charge in [-0.2, -0.15) is 31.6 Å². The molecule has 0 spiro atoms. The quantitative estimate of drug-likeness (QED) is 0.166. The Morgan fingerprint density at radius 3 is 1.70 bits per heavy atom. The molecule has 0 unspecified atom stereocenters. The Morgan fingerprint density at radius 1 is 0.537 bits per heavy atom. The average Bonchev–Trinajstić information content (AvgIpc) is 3.49. The number of halogens is 6. The predicted molar refractivity (Wildman–Crippen MR) is 195 cm³/mol. The summed E-state index contributed by atoms with van der Waals surface area (Å²) in [6.45, 7) is 1.93. The average molecular weight is 726 g/mol. The first-order valence-electron chi connectivity index (χ1n) is 16.6. The molecule has 54 heavy (non-hydrogen) atoms. The fraction of sp³-hybridized carbons (Fsp3) is 0.0698. The van der Waals surface area contributed by atoms with Crippen molar-refractivity contribution in [2.75, 3.05) is 0 Å². The van der Waals surface area contributed by atoms with Crippen molar-refractivity contribution in [3.05, 3.63) is 156 Å². The highest BCUT2D eigenvalue weighted by Crippen LogP contribution is 2.45. The van der Waals surface area contributed by atoms with Crippen LogP contribution in [0.25, 0.3) is 72.8 Å². The zero-order chi connectivity index (χ0) is 37.8. The summed E-state index contributed by atoms with van der Waals surface area (Å²) in [5.74, 6) is 0.484. The van der Waals surface area contributed by atoms with E-state index >= 15 is 0 Å². The highest BCUT2D eigenvalue weighted by Gasteiger charge is 2.39. The summed E-state index contributed by atoms with van der Waals surface area (Å²) in [4.78, 5) is 14.3. The lowest BCUT2D eigenvalue weighted by atomic mass is 9.92. The molecular formula is C43H25F6N5. The molecule has 264 valence electrons. The van der Waals surface area contributed by atoms with Crippen LogP contribution in [0.3, 0.4) is 0 Å². The topological polar surface area (TPSA) is 67.4 Å². The van der Waals surface area contributed by atoms with Gasteiger partial charge in [-0.25, -0.2) is 15.0 Å². The number of rotatable bonds is 5. The Morgan fingerprint density at radius 2 is 1.11 bits per heavy atom. The maximum absolute atomic E-state index is 14.7. The van der Waals surface area contributed by atoms with Gasteiger partial charge in [-0.3, -0.25) is 0 Å². The van der Waals surface area contributed by atoms with Crippen LogP contribution in [0.15, 0.2) is 133 Å². The van der Waals surface area contributed by atoms with E-state index in [2.05, 4.69) is 6.07 Å². The van der Waals surface area contributed by atoms with E-state index in [1.165, 1.54) is 6.07 Å². The number of fused-ring (bicyclic) bond motifs is 3. The number of aryl methyl sites for hydroxylation is 1. The second kappa shape index (κ2) is 13.0. The van der Waals surface area contributed by atoms with E-state index in [-0.39, 0.29) is 34.7 Å². The molecule has 11 heteroatoms. The van der Waals surface area contributed by atoms with Crippen molar-refractivity contribution >= 4 is 21.8 Å². The number of hydrogen-bond acceptors (Lipinski definition) is 4. The van der Waals surface area contributed by atoms with Gasteiger partial charge in [0.05, 0.1) is 33.8 Å². The first-order valence-corrected chi connectivity index (χ1v) is 16.6. The number of benzene rings is 6. The van der Waals surface area contributed by atoms with Crippen molar-refractivity contribution in [1.29, 1.82) is 5.26 Å². The Balaban J connectivity index is 1.48. The summed E-state index contributed by atoms with van der Waals surface area (Å²) in [5, 5.41) is 11.5. The monoisotopic (exact) mass is 725 g/mol. The van der Waals surface area contributed by atoms with Crippen molar-refractivity contribution < 1.29 is 26.3 Å². The van der Waals surface area contributed by atoms with E-state index in [1.54, 1.807) is 72.8 Å². The summed E-state index contributed by atoms with van der Waals surface area (Å²) in [6.07, 6.45) is -10.2. The molecular weight excluding hydrogens is 700 g/mol. The molecule has 8 rings (SSSR count). The fourth-order valence-corrected chi connectivity index (χ4v) is 6.69. The lowest BCUT2D eigenvalue weighted by molar-refractivity contribution is -0.142. The standard InChI is InChI=1S/C43H25F6N5/c1-25-12-16-33-34-17-13-26(24-50)21-38(34)54(37(33)20-25)30-15-19-31(32-18-14-29(42(44,45)46)22-36(32)43(47,48)49)35(23-30)41-52-39(27-8-4-2-5-9-27)51-40(53-41)28-10-6-3-7-11-28/h2-23H,1H3. The van der Waals surface area contributed by atoms with Crippen LogP contribution >= 0.6 is 0 Å². The minimum Gasteiger partial charge on any atom is -0.309 e. The lowest BCUT2D eigenvalue weighted by Gasteiger charge is -2.19. The molecule has 0 fully saturated rings. The predicted octanol–water partition coefficient (Wildman–Crippen LogP) is 11.9. The third-order valence-electron chi connectivity index (χ3n) is 9.20. The van der Waals surface area contributed by atoms with Crippen LogP contribution in [0.2, 0.25) is 0 Å². The van der Waals surface area contributed by atoms with Gasteiger partial charge in [0.1, 0.15) is 0 Å². The first kappa shape index (κ1) is 34.3. The fourth-order valence-electron chi connectivity index (χ4n) is 6.69. The second-order valence-electron chi connectivity index (χ2n) is 12.7. The van der Waals surface area contributed by atoms with E-state index in [0.717, 1.165) is 27.9 Å². The maximum Gasteiger partial charge on any atom is 0.417 e. The van der Waals surface area contributed by atoms with Crippen molar-refractivity contribution in [3.63, 3.8) is 0 Å². The van der Waals surface area contributed by atoms with E-state index in [0.29, 0.717) is 34.0 Å². The normalized spacial score (nSPS) is 12.0. The van der Waals surface area contributed by atoms with E-state index < -0.39 is 29.0 Å². The molecule has 0 atom stereocenters. The van der Waals surface area contributed by atoms with Gasteiger partial charge in [0.25, 0.3) is 0 Å². The minimum atomic E-state index is -5.14. The maximum atomic E-state index is 14.7. The Bertz CT molecular complexity index is 2710. The van der Waals surface area contributed by atoms with Crippen LogP contribution in [-0.2, 0) is 12.4 Å². The summed E-state index contributed by atoms with van der Waals surface area (Å²) >= 11 is 0. The van der Waals surface area contributed by atoms with Gasteiger partial charge in [0, 0.05) is 33.2 Å². The van der Waals surface area contributed by atoms with Crippen LogP contribution < -0.4 is 0 Å². The third-order valence-corrected chi connectivity index (χ3v) is 9.20. The van der Waals surface area contributed by atoms with Crippen molar-refractivity contribution in [1.82, 2.24) is 19.5 Å². The van der Waals surface area contributed by atoms with Crippen LogP contribution in [0, 0.1) is 18.3 Å². The molecule has 0 saturated carbocycles. The number of nitriles is 1. The largest absolute Gasteiger partial charge is 0.417 e. The molecule has 0 N–H and O–H groups in total. The molecule has 0 aliphatic carbocycles. The molecule has 2 heterocycles. The molecule has 6 aromatic carbocycles. The Labute approximate surface area is 304 Å². The van der Waals surface area contributed by atoms with Gasteiger partial charge < -0.3 is 4.57 Å². The highest BCUT2D eigenvalue weighted by molar-refractivity contribution is 6.10. The molecule has 0 aliphatic rings. The first-order chi connectivity index (χ1) is 25.9. The van der Waals surface area contributed by atoms with Crippen LogP contribution in [0.5, 0.6) is 0 Å². The smallest absolute Gasteiger partial charge is 0.309 e. The van der Waals surface area contributed by atoms with Gasteiger partial charge >= 0.3 is 12.4 Å². The zero-order valence-electron chi connectivity index (χ0n) is 28.2. The molecule has 0 saturated heterocycles. The molecule has 8 aromatic rings. The van der Waals surface area contributed by atoms with E-state index in [9.17, 15) is 31.6 Å². The Kier molecular flexibility index (Phi) is 8.26. The molecule has 0 amide bonds. The minimum absolute atomic E-state index is 0.00207. The molecule has 0 radical (unpaired) electrons. The molecule has 0 aliphatic heterocycles. The van der Waals surface area contributed by atoms with Crippen LogP contribution in [0.4, 0.5) is 26.3 Å². The van der Waals surface area contributed by atoms with Crippen molar-refractivity contribution in [2.24, 2.45) is 0 Å². The Hall–Kier alpha value is -6.80. The summed E-state index contributed by atoms with van der Waals surface area (Å²) in [7, 11) is 0. The second-order valence-corrected chi connectivity index (χ2v) is 12.7. The summed E-state index contributed by atoms with van der Waals surface area (Å²) < 4.78 is 87.4. The summed E-state index contributed by atoms with van der Waals surface area (Å²) in [5.41, 5.74) is 1.22. The van der Waals surface area contributed by atoms with Gasteiger partial charge in [0.15, 0.2) is 17.5 Å². The highest BCUT2D eigenvalue weighted by atomic mass is 19.4. The molecule has 5 nitrogen and oxygen atoms in total. The lowest BCUT2D eigenvalue weighted by Crippen LogP contribution is -2.12. The summed E-state index contributed by atoms with van der Waals surface area (Å²) in [6, 6.07) is 37.6. The number of nitrogens with zero attached hydrogens (tertiary/aromatic N) is 5. The van der Waals surface area contributed by atoms with Crippen LogP contribution in [-0.4, -0.2) is 19.5 Å².